The summed E-state index contributed by atoms with van der Waals surface area (Å²) in [5.74, 6) is 2.17. The van der Waals surface area contributed by atoms with E-state index in [0.29, 0.717) is 11.6 Å². The first-order chi connectivity index (χ1) is 9.56. The molecule has 2 rings (SSSR count). The van der Waals surface area contributed by atoms with E-state index in [9.17, 15) is 0 Å². The molecule has 6 nitrogen and oxygen atoms in total. The van der Waals surface area contributed by atoms with Gasteiger partial charge in [-0.3, -0.25) is 4.98 Å². The van der Waals surface area contributed by atoms with Gasteiger partial charge in [0.1, 0.15) is 23.7 Å². The molecule has 0 aromatic carbocycles. The quantitative estimate of drug-likeness (QED) is 0.839. The van der Waals surface area contributed by atoms with Crippen LogP contribution in [-0.4, -0.2) is 35.3 Å². The third-order valence-corrected chi connectivity index (χ3v) is 2.65. The summed E-state index contributed by atoms with van der Waals surface area (Å²) in [5.41, 5.74) is 0.819. The van der Waals surface area contributed by atoms with Crippen LogP contribution < -0.4 is 15.0 Å². The molecule has 2 heterocycles. The minimum atomic E-state index is -0.470. The van der Waals surface area contributed by atoms with E-state index in [1.807, 2.05) is 44.1 Å². The Kier molecular flexibility index (Phi) is 4.34. The number of aromatic nitrogens is 3. The van der Waals surface area contributed by atoms with Crippen molar-refractivity contribution in [1.82, 2.24) is 15.0 Å². The predicted molar refractivity (Wildman–Crippen MR) is 78.7 cm³/mol. The van der Waals surface area contributed by atoms with Crippen molar-refractivity contribution in [2.24, 2.45) is 0 Å². The highest BCUT2D eigenvalue weighted by Crippen LogP contribution is 2.17. The number of rotatable bonds is 5. The maximum Gasteiger partial charge on any atom is 0.171 e. The standard InChI is InChI=1S/C14H18N5O/c1-10-12(6-5-7-15-10)20-11(2)18-13-8-14(19(3)4)17-9-16-13/h5-9,11H,2H2,1,3-4H3,(H,16,17,18). The normalized spacial score (nSPS) is 11.8. The summed E-state index contributed by atoms with van der Waals surface area (Å²) in [6.45, 7) is 5.79. The lowest BCUT2D eigenvalue weighted by molar-refractivity contribution is 0.271. The van der Waals surface area contributed by atoms with E-state index in [1.54, 1.807) is 6.20 Å². The Labute approximate surface area is 118 Å². The van der Waals surface area contributed by atoms with Crippen LogP contribution in [0.3, 0.4) is 0 Å². The molecule has 0 fully saturated rings. The molecular formula is C14H18N5O. The van der Waals surface area contributed by atoms with E-state index in [4.69, 9.17) is 4.74 Å². The molecule has 0 saturated heterocycles. The van der Waals surface area contributed by atoms with Crippen molar-refractivity contribution in [1.29, 1.82) is 0 Å². The van der Waals surface area contributed by atoms with Crippen LogP contribution >= 0.6 is 0 Å². The van der Waals surface area contributed by atoms with E-state index >= 15 is 0 Å². The van der Waals surface area contributed by atoms with Crippen LogP contribution in [0.2, 0.25) is 0 Å². The molecule has 1 unspecified atom stereocenters. The zero-order valence-corrected chi connectivity index (χ0v) is 11.9. The smallest absolute Gasteiger partial charge is 0.171 e. The van der Waals surface area contributed by atoms with Gasteiger partial charge in [0.25, 0.3) is 0 Å². The molecule has 2 aromatic heterocycles. The van der Waals surface area contributed by atoms with Crippen molar-refractivity contribution in [2.45, 2.75) is 13.2 Å². The summed E-state index contributed by atoms with van der Waals surface area (Å²) < 4.78 is 5.69. The van der Waals surface area contributed by atoms with Gasteiger partial charge < -0.3 is 15.0 Å². The lowest BCUT2D eigenvalue weighted by atomic mass is 10.3. The second-order valence-electron chi connectivity index (χ2n) is 4.49. The first kappa shape index (κ1) is 14.0. The van der Waals surface area contributed by atoms with Crippen LogP contribution in [0.25, 0.3) is 0 Å². The van der Waals surface area contributed by atoms with Gasteiger partial charge in [0, 0.05) is 33.3 Å². The summed E-state index contributed by atoms with van der Waals surface area (Å²) in [5, 5.41) is 3.07. The number of aryl methyl sites for hydroxylation is 1. The topological polar surface area (TPSA) is 63.2 Å². The summed E-state index contributed by atoms with van der Waals surface area (Å²) >= 11 is 0. The van der Waals surface area contributed by atoms with E-state index in [0.717, 1.165) is 11.5 Å². The first-order valence-electron chi connectivity index (χ1n) is 6.23. The Morgan fingerprint density at radius 3 is 2.80 bits per heavy atom. The van der Waals surface area contributed by atoms with Gasteiger partial charge >= 0.3 is 0 Å². The highest BCUT2D eigenvalue weighted by Gasteiger charge is 2.08. The number of hydrogen-bond acceptors (Lipinski definition) is 6. The molecule has 1 radical (unpaired) electrons. The molecule has 1 N–H and O–H groups in total. The molecule has 0 aliphatic carbocycles. The van der Waals surface area contributed by atoms with E-state index in [1.165, 1.54) is 6.33 Å². The van der Waals surface area contributed by atoms with Crippen LogP contribution in [0.15, 0.2) is 30.7 Å². The Balaban J connectivity index is 2.03. The van der Waals surface area contributed by atoms with Gasteiger partial charge in [0.05, 0.1) is 5.69 Å². The SMILES string of the molecule is [CH2]C(Nc1cc(N(C)C)ncn1)Oc1cccnc1C. The average molecular weight is 272 g/mol. The van der Waals surface area contributed by atoms with Crippen molar-refractivity contribution in [3.8, 4) is 5.75 Å². The van der Waals surface area contributed by atoms with Crippen LogP contribution in [0.4, 0.5) is 11.6 Å². The van der Waals surface area contributed by atoms with Crippen LogP contribution in [-0.2, 0) is 0 Å². The lowest BCUT2D eigenvalue weighted by Gasteiger charge is -2.18. The molecule has 1 atom stereocenters. The molecule has 0 aliphatic rings. The Bertz CT molecular complexity index is 573. The van der Waals surface area contributed by atoms with Gasteiger partial charge in [-0.05, 0) is 19.1 Å². The zero-order chi connectivity index (χ0) is 14.5. The van der Waals surface area contributed by atoms with Gasteiger partial charge in [-0.25, -0.2) is 9.97 Å². The fourth-order valence-electron chi connectivity index (χ4n) is 1.61. The van der Waals surface area contributed by atoms with Gasteiger partial charge in [0.15, 0.2) is 6.23 Å². The summed E-state index contributed by atoms with van der Waals surface area (Å²) in [6.07, 6.45) is 2.75. The van der Waals surface area contributed by atoms with Gasteiger partial charge in [-0.15, -0.1) is 0 Å². The van der Waals surface area contributed by atoms with Crippen LogP contribution in [0.5, 0.6) is 5.75 Å². The maximum absolute atomic E-state index is 5.69. The van der Waals surface area contributed by atoms with Gasteiger partial charge in [-0.1, -0.05) is 0 Å². The highest BCUT2D eigenvalue weighted by molar-refractivity contribution is 5.47. The number of hydrogen-bond donors (Lipinski definition) is 1. The third kappa shape index (κ3) is 3.57. The number of nitrogens with zero attached hydrogens (tertiary/aromatic N) is 4. The highest BCUT2D eigenvalue weighted by atomic mass is 16.5. The Morgan fingerprint density at radius 1 is 1.30 bits per heavy atom. The predicted octanol–water partition coefficient (Wildman–Crippen LogP) is 1.90. The molecular weight excluding hydrogens is 254 g/mol. The molecule has 0 aliphatic heterocycles. The zero-order valence-electron chi connectivity index (χ0n) is 11.9. The van der Waals surface area contributed by atoms with E-state index in [2.05, 4.69) is 27.2 Å². The lowest BCUT2D eigenvalue weighted by Crippen LogP contribution is -2.24. The minimum Gasteiger partial charge on any atom is -0.469 e. The molecule has 0 bridgehead atoms. The van der Waals surface area contributed by atoms with Crippen molar-refractivity contribution in [3.05, 3.63) is 43.3 Å². The number of nitrogens with one attached hydrogen (secondary N) is 1. The van der Waals surface area contributed by atoms with E-state index in [-0.39, 0.29) is 0 Å². The van der Waals surface area contributed by atoms with Gasteiger partial charge in [-0.2, -0.15) is 0 Å². The maximum atomic E-state index is 5.69. The fraction of sp³-hybridized carbons (Fsp3) is 0.286. The van der Waals surface area contributed by atoms with Crippen molar-refractivity contribution in [3.63, 3.8) is 0 Å². The number of anilines is 2. The molecule has 0 saturated carbocycles. The molecule has 0 spiro atoms. The van der Waals surface area contributed by atoms with Crippen molar-refractivity contribution in [2.75, 3.05) is 24.3 Å². The molecule has 0 amide bonds. The molecule has 20 heavy (non-hydrogen) atoms. The largest absolute Gasteiger partial charge is 0.469 e. The molecule has 2 aromatic rings. The second kappa shape index (κ2) is 6.18. The Hall–Kier alpha value is -2.37. The molecule has 6 heteroatoms. The van der Waals surface area contributed by atoms with Gasteiger partial charge in [0.2, 0.25) is 0 Å². The molecule has 105 valence electrons. The summed E-state index contributed by atoms with van der Waals surface area (Å²) in [4.78, 5) is 14.4. The number of pyridine rings is 1. The third-order valence-electron chi connectivity index (χ3n) is 2.65. The number of ether oxygens (including phenoxy) is 1. The average Bonchev–Trinajstić information content (AvgIpc) is 2.41. The fourth-order valence-corrected chi connectivity index (χ4v) is 1.61. The van der Waals surface area contributed by atoms with Crippen molar-refractivity contribution >= 4 is 11.6 Å². The summed E-state index contributed by atoms with van der Waals surface area (Å²) in [7, 11) is 3.84. The van der Waals surface area contributed by atoms with Crippen molar-refractivity contribution < 1.29 is 4.74 Å². The second-order valence-corrected chi connectivity index (χ2v) is 4.49. The minimum absolute atomic E-state index is 0.470. The van der Waals surface area contributed by atoms with Crippen LogP contribution in [0.1, 0.15) is 5.69 Å². The monoisotopic (exact) mass is 272 g/mol. The summed E-state index contributed by atoms with van der Waals surface area (Å²) in [6, 6.07) is 5.51. The van der Waals surface area contributed by atoms with E-state index < -0.39 is 6.23 Å². The first-order valence-corrected chi connectivity index (χ1v) is 6.23. The Morgan fingerprint density at radius 2 is 2.10 bits per heavy atom. The van der Waals surface area contributed by atoms with Crippen LogP contribution in [0, 0.1) is 13.8 Å².